The molecule has 0 saturated carbocycles. The SMILES string of the molecule is CN(C(=O)NS(=O)(=O)c1ccc(Cl)s1)c1ccc(-n2c(=O)[nH]c3ccccc3c2=O)c(Cl)c1. The number of benzene rings is 2. The van der Waals surface area contributed by atoms with Crippen molar-refractivity contribution in [2.24, 2.45) is 0 Å². The van der Waals surface area contributed by atoms with Crippen molar-refractivity contribution in [3.05, 3.63) is 84.8 Å². The molecule has 2 aromatic carbocycles. The molecule has 0 aliphatic rings. The van der Waals surface area contributed by atoms with Crippen LogP contribution in [0.1, 0.15) is 0 Å². The first kappa shape index (κ1) is 23.1. The molecule has 0 unspecified atom stereocenters. The minimum absolute atomic E-state index is 0.00271. The number of nitrogens with zero attached hydrogens (tertiary/aromatic N) is 2. The maximum absolute atomic E-state index is 12.9. The Labute approximate surface area is 200 Å². The number of amides is 2. The lowest BCUT2D eigenvalue weighted by Gasteiger charge is -2.19. The molecular weight excluding hydrogens is 511 g/mol. The van der Waals surface area contributed by atoms with Gasteiger partial charge in [0.05, 0.1) is 25.9 Å². The maximum Gasteiger partial charge on any atom is 0.335 e. The number of hydrogen-bond donors (Lipinski definition) is 2. The lowest BCUT2D eigenvalue weighted by molar-refractivity contribution is 0.252. The molecule has 4 rings (SSSR count). The van der Waals surface area contributed by atoms with Crippen molar-refractivity contribution >= 4 is 67.2 Å². The molecule has 2 heterocycles. The Morgan fingerprint density at radius 1 is 1.09 bits per heavy atom. The van der Waals surface area contributed by atoms with Gasteiger partial charge in [-0.1, -0.05) is 35.3 Å². The summed E-state index contributed by atoms with van der Waals surface area (Å²) in [7, 11) is -2.78. The smallest absolute Gasteiger partial charge is 0.306 e. The molecule has 0 bridgehead atoms. The first-order chi connectivity index (χ1) is 15.6. The lowest BCUT2D eigenvalue weighted by atomic mass is 10.2. The van der Waals surface area contributed by atoms with Crippen LogP contribution in [-0.2, 0) is 10.0 Å². The first-order valence-electron chi connectivity index (χ1n) is 9.18. The number of halogens is 2. The number of H-pyrrole nitrogens is 1. The number of urea groups is 1. The van der Waals surface area contributed by atoms with E-state index in [-0.39, 0.29) is 24.9 Å². The zero-order chi connectivity index (χ0) is 23.9. The number of para-hydroxylation sites is 1. The second kappa shape index (κ2) is 8.67. The van der Waals surface area contributed by atoms with Gasteiger partial charge in [-0.25, -0.2) is 27.3 Å². The molecule has 4 aromatic rings. The number of anilines is 1. The maximum atomic E-state index is 12.9. The van der Waals surface area contributed by atoms with Crippen LogP contribution >= 0.6 is 34.5 Å². The fourth-order valence-electron chi connectivity index (χ4n) is 3.06. The van der Waals surface area contributed by atoms with E-state index < -0.39 is 27.3 Å². The van der Waals surface area contributed by atoms with E-state index in [4.69, 9.17) is 23.2 Å². The van der Waals surface area contributed by atoms with Crippen molar-refractivity contribution in [2.75, 3.05) is 11.9 Å². The van der Waals surface area contributed by atoms with Gasteiger partial charge in [0, 0.05) is 12.7 Å². The van der Waals surface area contributed by atoms with Gasteiger partial charge in [0.1, 0.15) is 4.21 Å². The molecule has 0 radical (unpaired) electrons. The van der Waals surface area contributed by atoms with Gasteiger partial charge in [-0.3, -0.25) is 9.69 Å². The number of fused-ring (bicyclic) bond motifs is 1. The highest BCUT2D eigenvalue weighted by Crippen LogP contribution is 2.27. The average Bonchev–Trinajstić information content (AvgIpc) is 3.21. The fraction of sp³-hybridized carbons (Fsp3) is 0.0500. The third kappa shape index (κ3) is 4.40. The number of aromatic amines is 1. The van der Waals surface area contributed by atoms with Crippen molar-refractivity contribution in [3.8, 4) is 5.69 Å². The largest absolute Gasteiger partial charge is 0.335 e. The van der Waals surface area contributed by atoms with Gasteiger partial charge in [0.2, 0.25) is 0 Å². The highest BCUT2D eigenvalue weighted by Gasteiger charge is 2.23. The average molecular weight is 525 g/mol. The Bertz CT molecular complexity index is 1630. The highest BCUT2D eigenvalue weighted by atomic mass is 35.5. The molecule has 0 fully saturated rings. The fourth-order valence-corrected chi connectivity index (χ4v) is 5.78. The molecule has 9 nitrogen and oxygen atoms in total. The number of hydrogen-bond acceptors (Lipinski definition) is 6. The predicted molar refractivity (Wildman–Crippen MR) is 129 cm³/mol. The third-order valence-corrected chi connectivity index (χ3v) is 8.05. The molecule has 170 valence electrons. The summed E-state index contributed by atoms with van der Waals surface area (Å²) in [4.78, 5) is 41.5. The minimum Gasteiger partial charge on any atom is -0.306 e. The van der Waals surface area contributed by atoms with Gasteiger partial charge >= 0.3 is 11.7 Å². The van der Waals surface area contributed by atoms with Crippen molar-refractivity contribution in [2.45, 2.75) is 4.21 Å². The molecule has 13 heteroatoms. The first-order valence-corrected chi connectivity index (χ1v) is 12.2. The number of carbonyl (C=O) groups is 1. The van der Waals surface area contributed by atoms with Crippen LogP contribution in [0.5, 0.6) is 0 Å². The number of thiophene rings is 1. The Morgan fingerprint density at radius 2 is 1.82 bits per heavy atom. The summed E-state index contributed by atoms with van der Waals surface area (Å²) in [6.45, 7) is 0. The summed E-state index contributed by atoms with van der Waals surface area (Å²) in [5, 5.41) is 0.301. The van der Waals surface area contributed by atoms with E-state index in [2.05, 4.69) is 4.98 Å². The van der Waals surface area contributed by atoms with Crippen LogP contribution in [0.3, 0.4) is 0 Å². The van der Waals surface area contributed by atoms with Crippen molar-refractivity contribution in [1.82, 2.24) is 14.3 Å². The second-order valence-corrected chi connectivity index (χ2v) is 10.8. The number of sulfonamides is 1. The summed E-state index contributed by atoms with van der Waals surface area (Å²) in [5.41, 5.74) is -0.518. The molecule has 0 aliphatic heterocycles. The van der Waals surface area contributed by atoms with E-state index >= 15 is 0 Å². The van der Waals surface area contributed by atoms with Crippen LogP contribution in [-0.4, -0.2) is 31.0 Å². The molecule has 2 aromatic heterocycles. The van der Waals surface area contributed by atoms with Crippen molar-refractivity contribution in [3.63, 3.8) is 0 Å². The van der Waals surface area contributed by atoms with Crippen LogP contribution in [0.4, 0.5) is 10.5 Å². The van der Waals surface area contributed by atoms with Crippen LogP contribution in [0.15, 0.2) is 68.4 Å². The van der Waals surface area contributed by atoms with Crippen LogP contribution < -0.4 is 20.9 Å². The van der Waals surface area contributed by atoms with Crippen LogP contribution in [0.25, 0.3) is 16.6 Å². The molecule has 2 N–H and O–H groups in total. The number of rotatable bonds is 4. The second-order valence-electron chi connectivity index (χ2n) is 6.78. The summed E-state index contributed by atoms with van der Waals surface area (Å²) in [5.74, 6) is 0. The highest BCUT2D eigenvalue weighted by molar-refractivity contribution is 7.92. The van der Waals surface area contributed by atoms with Crippen LogP contribution in [0, 0.1) is 0 Å². The van der Waals surface area contributed by atoms with Crippen molar-refractivity contribution < 1.29 is 13.2 Å². The number of aromatic nitrogens is 2. The lowest BCUT2D eigenvalue weighted by Crippen LogP contribution is -2.40. The van der Waals surface area contributed by atoms with E-state index in [0.717, 1.165) is 20.8 Å². The Kier molecular flexibility index (Phi) is 6.06. The zero-order valence-corrected chi connectivity index (χ0v) is 19.8. The Morgan fingerprint density at radius 3 is 2.48 bits per heavy atom. The summed E-state index contributed by atoms with van der Waals surface area (Å²) in [6, 6.07) is 12.5. The molecule has 0 atom stereocenters. The summed E-state index contributed by atoms with van der Waals surface area (Å²) in [6.07, 6.45) is 0. The summed E-state index contributed by atoms with van der Waals surface area (Å²) >= 11 is 12.9. The molecule has 0 aliphatic carbocycles. The number of carbonyl (C=O) groups excluding carboxylic acids is 1. The summed E-state index contributed by atoms with van der Waals surface area (Å²) < 4.78 is 27.7. The monoisotopic (exact) mass is 524 g/mol. The quantitative estimate of drug-likeness (QED) is 0.422. The van der Waals surface area contributed by atoms with Gasteiger partial charge in [0.25, 0.3) is 15.6 Å². The van der Waals surface area contributed by atoms with E-state index in [0.29, 0.717) is 10.9 Å². The number of nitrogens with one attached hydrogen (secondary N) is 2. The zero-order valence-electron chi connectivity index (χ0n) is 16.7. The third-order valence-electron chi connectivity index (χ3n) is 4.70. The molecule has 33 heavy (non-hydrogen) atoms. The topological polar surface area (TPSA) is 121 Å². The predicted octanol–water partition coefficient (Wildman–Crippen LogP) is 3.58. The molecule has 0 saturated heterocycles. The van der Waals surface area contributed by atoms with Gasteiger partial charge < -0.3 is 4.98 Å². The minimum atomic E-state index is -4.12. The Hall–Kier alpha value is -3.12. The van der Waals surface area contributed by atoms with E-state index in [1.54, 1.807) is 24.3 Å². The molecule has 2 amide bonds. The van der Waals surface area contributed by atoms with Gasteiger partial charge in [-0.15, -0.1) is 11.3 Å². The standard InChI is InChI=1S/C20H14Cl2N4O5S2/c1-25(20(29)24-33(30,31)17-9-8-16(22)32-17)11-6-7-15(13(21)10-11)26-18(27)12-4-2-3-5-14(12)23-19(26)28/h2-10H,1H3,(H,23,28)(H,24,29). The van der Waals surface area contributed by atoms with E-state index in [9.17, 15) is 22.8 Å². The van der Waals surface area contributed by atoms with Gasteiger partial charge in [0.15, 0.2) is 0 Å². The normalized spacial score (nSPS) is 11.5. The van der Waals surface area contributed by atoms with E-state index in [1.807, 2.05) is 4.72 Å². The molecule has 0 spiro atoms. The van der Waals surface area contributed by atoms with Crippen molar-refractivity contribution in [1.29, 1.82) is 0 Å². The Balaban J connectivity index is 1.66. The van der Waals surface area contributed by atoms with Crippen LogP contribution in [0.2, 0.25) is 9.36 Å². The molecular formula is C20H14Cl2N4O5S2. The van der Waals surface area contributed by atoms with E-state index in [1.165, 1.54) is 37.4 Å². The van der Waals surface area contributed by atoms with Gasteiger partial charge in [-0.05, 0) is 42.5 Å². The van der Waals surface area contributed by atoms with Gasteiger partial charge in [-0.2, -0.15) is 0 Å².